The SMILES string of the molecule is Cc1ccc(OCC(=O)Nc2cc(N)ccc2Cl)cc1C. The van der Waals surface area contributed by atoms with E-state index in [0.29, 0.717) is 22.1 Å². The fourth-order valence-corrected chi connectivity index (χ4v) is 1.94. The lowest BCUT2D eigenvalue weighted by Gasteiger charge is -2.10. The Hall–Kier alpha value is -2.20. The highest BCUT2D eigenvalue weighted by atomic mass is 35.5. The quantitative estimate of drug-likeness (QED) is 0.849. The number of aryl methyl sites for hydroxylation is 2. The normalized spacial score (nSPS) is 10.2. The smallest absolute Gasteiger partial charge is 0.262 e. The standard InChI is InChI=1S/C16H17ClN2O2/c1-10-3-5-13(7-11(10)2)21-9-16(20)19-15-8-12(18)4-6-14(15)17/h3-8H,9,18H2,1-2H3,(H,19,20). The summed E-state index contributed by atoms with van der Waals surface area (Å²) >= 11 is 5.98. The van der Waals surface area contributed by atoms with E-state index in [-0.39, 0.29) is 12.5 Å². The van der Waals surface area contributed by atoms with Gasteiger partial charge >= 0.3 is 0 Å². The van der Waals surface area contributed by atoms with Gasteiger partial charge in [0.2, 0.25) is 0 Å². The molecule has 0 atom stereocenters. The summed E-state index contributed by atoms with van der Waals surface area (Å²) in [7, 11) is 0. The Kier molecular flexibility index (Phi) is 4.70. The minimum Gasteiger partial charge on any atom is -0.484 e. The molecule has 0 aromatic heterocycles. The van der Waals surface area contributed by atoms with Gasteiger partial charge in [-0.25, -0.2) is 0 Å². The van der Waals surface area contributed by atoms with Crippen LogP contribution in [-0.2, 0) is 4.79 Å². The lowest BCUT2D eigenvalue weighted by molar-refractivity contribution is -0.118. The summed E-state index contributed by atoms with van der Waals surface area (Å²) < 4.78 is 5.46. The number of rotatable bonds is 4. The third-order valence-electron chi connectivity index (χ3n) is 3.11. The first kappa shape index (κ1) is 15.2. The van der Waals surface area contributed by atoms with Crippen molar-refractivity contribution in [1.29, 1.82) is 0 Å². The van der Waals surface area contributed by atoms with Crippen LogP contribution >= 0.6 is 11.6 Å². The number of nitrogens with one attached hydrogen (secondary N) is 1. The van der Waals surface area contributed by atoms with E-state index in [0.717, 1.165) is 5.56 Å². The molecule has 4 nitrogen and oxygen atoms in total. The maximum atomic E-state index is 11.9. The van der Waals surface area contributed by atoms with E-state index in [1.54, 1.807) is 18.2 Å². The van der Waals surface area contributed by atoms with Crippen molar-refractivity contribution >= 4 is 28.9 Å². The molecule has 2 aromatic carbocycles. The summed E-state index contributed by atoms with van der Waals surface area (Å²) in [5.74, 6) is 0.368. The lowest BCUT2D eigenvalue weighted by atomic mass is 10.1. The fourth-order valence-electron chi connectivity index (χ4n) is 1.78. The minimum atomic E-state index is -0.291. The van der Waals surface area contributed by atoms with Gasteiger partial charge < -0.3 is 15.8 Å². The average Bonchev–Trinajstić information content (AvgIpc) is 2.44. The number of benzene rings is 2. The summed E-state index contributed by atoms with van der Waals surface area (Å²) in [6.45, 7) is 3.93. The molecule has 3 N–H and O–H groups in total. The third kappa shape index (κ3) is 4.13. The topological polar surface area (TPSA) is 64.3 Å². The van der Waals surface area contributed by atoms with Gasteiger partial charge in [-0.15, -0.1) is 0 Å². The second-order valence-electron chi connectivity index (χ2n) is 4.82. The molecule has 0 spiro atoms. The van der Waals surface area contributed by atoms with Gasteiger partial charge in [0.05, 0.1) is 10.7 Å². The zero-order valence-corrected chi connectivity index (χ0v) is 12.7. The summed E-state index contributed by atoms with van der Waals surface area (Å²) in [5, 5.41) is 3.11. The van der Waals surface area contributed by atoms with Gasteiger partial charge in [0, 0.05) is 5.69 Å². The Morgan fingerprint density at radius 3 is 2.67 bits per heavy atom. The molecular weight excluding hydrogens is 288 g/mol. The van der Waals surface area contributed by atoms with Crippen LogP contribution in [0.1, 0.15) is 11.1 Å². The van der Waals surface area contributed by atoms with Crippen LogP contribution < -0.4 is 15.8 Å². The van der Waals surface area contributed by atoms with E-state index in [1.807, 2.05) is 32.0 Å². The number of amides is 1. The molecule has 0 bridgehead atoms. The van der Waals surface area contributed by atoms with Gasteiger partial charge in [-0.2, -0.15) is 0 Å². The number of nitrogens with two attached hydrogens (primary N) is 1. The lowest BCUT2D eigenvalue weighted by Crippen LogP contribution is -2.20. The number of anilines is 2. The van der Waals surface area contributed by atoms with Crippen LogP contribution in [0.4, 0.5) is 11.4 Å². The van der Waals surface area contributed by atoms with Crippen LogP contribution in [0, 0.1) is 13.8 Å². The van der Waals surface area contributed by atoms with Gasteiger partial charge in [-0.1, -0.05) is 17.7 Å². The van der Waals surface area contributed by atoms with Crippen molar-refractivity contribution in [1.82, 2.24) is 0 Å². The Labute approximate surface area is 128 Å². The van der Waals surface area contributed by atoms with Crippen molar-refractivity contribution in [3.8, 4) is 5.75 Å². The number of ether oxygens (including phenoxy) is 1. The minimum absolute atomic E-state index is 0.0897. The molecule has 0 aliphatic rings. The highest BCUT2D eigenvalue weighted by Gasteiger charge is 2.07. The Bertz CT molecular complexity index is 671. The molecule has 0 unspecified atom stereocenters. The second-order valence-corrected chi connectivity index (χ2v) is 5.23. The van der Waals surface area contributed by atoms with E-state index in [9.17, 15) is 4.79 Å². The largest absolute Gasteiger partial charge is 0.484 e. The monoisotopic (exact) mass is 304 g/mol. The van der Waals surface area contributed by atoms with Crippen molar-refractivity contribution in [2.45, 2.75) is 13.8 Å². The van der Waals surface area contributed by atoms with Crippen LogP contribution in [0.5, 0.6) is 5.75 Å². The van der Waals surface area contributed by atoms with Gasteiger partial charge in [-0.05, 0) is 55.3 Å². The molecule has 0 saturated carbocycles. The molecule has 0 saturated heterocycles. The Balaban J connectivity index is 1.95. The van der Waals surface area contributed by atoms with Crippen molar-refractivity contribution in [3.05, 3.63) is 52.5 Å². The molecule has 1 amide bonds. The molecule has 0 radical (unpaired) electrons. The number of carbonyl (C=O) groups excluding carboxylic acids is 1. The van der Waals surface area contributed by atoms with Crippen LogP contribution in [0.25, 0.3) is 0 Å². The number of hydrogen-bond donors (Lipinski definition) is 2. The van der Waals surface area contributed by atoms with E-state index >= 15 is 0 Å². The molecule has 0 aliphatic heterocycles. The zero-order chi connectivity index (χ0) is 15.4. The number of nitrogen functional groups attached to an aromatic ring is 1. The molecule has 110 valence electrons. The van der Waals surface area contributed by atoms with Gasteiger partial charge in [0.1, 0.15) is 5.75 Å². The van der Waals surface area contributed by atoms with Crippen molar-refractivity contribution in [2.24, 2.45) is 0 Å². The summed E-state index contributed by atoms with van der Waals surface area (Å²) in [6, 6.07) is 10.6. The zero-order valence-electron chi connectivity index (χ0n) is 11.9. The van der Waals surface area contributed by atoms with Crippen LogP contribution in [0.15, 0.2) is 36.4 Å². The fraction of sp³-hybridized carbons (Fsp3) is 0.188. The summed E-state index contributed by atoms with van der Waals surface area (Å²) in [4.78, 5) is 11.9. The van der Waals surface area contributed by atoms with Crippen LogP contribution in [0.2, 0.25) is 5.02 Å². The number of halogens is 1. The number of carbonyl (C=O) groups is 1. The molecule has 0 fully saturated rings. The molecule has 0 heterocycles. The van der Waals surface area contributed by atoms with Crippen LogP contribution in [0.3, 0.4) is 0 Å². The van der Waals surface area contributed by atoms with E-state index < -0.39 is 0 Å². The molecule has 2 aromatic rings. The maximum absolute atomic E-state index is 11.9. The molecule has 21 heavy (non-hydrogen) atoms. The highest BCUT2D eigenvalue weighted by molar-refractivity contribution is 6.33. The van der Waals surface area contributed by atoms with Gasteiger partial charge in [0.15, 0.2) is 6.61 Å². The first-order valence-electron chi connectivity index (χ1n) is 6.50. The van der Waals surface area contributed by atoms with E-state index in [4.69, 9.17) is 22.1 Å². The third-order valence-corrected chi connectivity index (χ3v) is 3.44. The van der Waals surface area contributed by atoms with Gasteiger partial charge in [-0.3, -0.25) is 4.79 Å². The van der Waals surface area contributed by atoms with Crippen molar-refractivity contribution in [2.75, 3.05) is 17.7 Å². The van der Waals surface area contributed by atoms with Crippen molar-refractivity contribution in [3.63, 3.8) is 0 Å². The second kappa shape index (κ2) is 6.50. The summed E-state index contributed by atoms with van der Waals surface area (Å²) in [5.41, 5.74) is 8.96. The predicted molar refractivity (Wildman–Crippen MR) is 85.9 cm³/mol. The Morgan fingerprint density at radius 2 is 1.95 bits per heavy atom. The highest BCUT2D eigenvalue weighted by Crippen LogP contribution is 2.24. The first-order valence-corrected chi connectivity index (χ1v) is 6.88. The molecule has 5 heteroatoms. The summed E-state index contributed by atoms with van der Waals surface area (Å²) in [6.07, 6.45) is 0. The van der Waals surface area contributed by atoms with E-state index in [1.165, 1.54) is 5.56 Å². The Morgan fingerprint density at radius 1 is 1.19 bits per heavy atom. The average molecular weight is 305 g/mol. The van der Waals surface area contributed by atoms with Gasteiger partial charge in [0.25, 0.3) is 5.91 Å². The predicted octanol–water partition coefficient (Wildman–Crippen LogP) is 3.56. The first-order chi connectivity index (χ1) is 9.95. The molecule has 2 rings (SSSR count). The number of hydrogen-bond acceptors (Lipinski definition) is 3. The molecule has 0 aliphatic carbocycles. The molecular formula is C16H17ClN2O2. The maximum Gasteiger partial charge on any atom is 0.262 e. The van der Waals surface area contributed by atoms with E-state index in [2.05, 4.69) is 5.32 Å². The van der Waals surface area contributed by atoms with Crippen LogP contribution in [-0.4, -0.2) is 12.5 Å². The van der Waals surface area contributed by atoms with Crippen molar-refractivity contribution < 1.29 is 9.53 Å².